The third kappa shape index (κ3) is 4.20. The molecule has 1 aromatic heterocycles. The van der Waals surface area contributed by atoms with Crippen LogP contribution in [-0.4, -0.2) is 24.2 Å². The number of hydrogen-bond acceptors (Lipinski definition) is 7. The van der Waals surface area contributed by atoms with E-state index in [4.69, 9.17) is 26.8 Å². The van der Waals surface area contributed by atoms with E-state index in [1.807, 2.05) is 0 Å². The fourth-order valence-corrected chi connectivity index (χ4v) is 2.97. The van der Waals surface area contributed by atoms with Crippen molar-refractivity contribution in [2.45, 2.75) is 0 Å². The number of nitrogens with one attached hydrogen (secondary N) is 2. The van der Waals surface area contributed by atoms with Gasteiger partial charge in [-0.05, 0) is 24.3 Å². The van der Waals surface area contributed by atoms with Crippen molar-refractivity contribution in [3.8, 4) is 11.5 Å². The molecule has 3 aromatic rings. The van der Waals surface area contributed by atoms with Crippen LogP contribution in [0, 0.1) is 5.82 Å². The molecule has 0 aliphatic rings. The van der Waals surface area contributed by atoms with Crippen molar-refractivity contribution in [3.63, 3.8) is 0 Å². The molecule has 0 saturated carbocycles. The van der Waals surface area contributed by atoms with Gasteiger partial charge in [0.15, 0.2) is 11.6 Å². The molecule has 2 aromatic carbocycles. The first-order chi connectivity index (χ1) is 13.4. The number of benzene rings is 2. The van der Waals surface area contributed by atoms with E-state index in [0.717, 1.165) is 0 Å². The van der Waals surface area contributed by atoms with E-state index in [9.17, 15) is 4.39 Å². The number of aromatic nitrogens is 2. The van der Waals surface area contributed by atoms with Crippen LogP contribution < -0.4 is 25.8 Å². The molecule has 7 nitrogen and oxygen atoms in total. The van der Waals surface area contributed by atoms with Crippen LogP contribution in [0.2, 0.25) is 5.02 Å². The zero-order chi connectivity index (χ0) is 20.3. The van der Waals surface area contributed by atoms with E-state index in [2.05, 4.69) is 36.5 Å². The highest BCUT2D eigenvalue weighted by Gasteiger charge is 2.15. The highest BCUT2D eigenvalue weighted by atomic mass is 79.9. The smallest absolute Gasteiger partial charge is 0.159 e. The minimum atomic E-state index is -0.453. The molecular weight excluding hydrogens is 453 g/mol. The van der Waals surface area contributed by atoms with Crippen LogP contribution in [-0.2, 0) is 0 Å². The van der Waals surface area contributed by atoms with Gasteiger partial charge in [-0.2, -0.15) is 0 Å². The zero-order valence-corrected chi connectivity index (χ0v) is 17.2. The van der Waals surface area contributed by atoms with Gasteiger partial charge in [0.2, 0.25) is 0 Å². The van der Waals surface area contributed by atoms with Crippen LogP contribution in [0.5, 0.6) is 11.5 Å². The van der Waals surface area contributed by atoms with Crippen LogP contribution in [0.1, 0.15) is 0 Å². The van der Waals surface area contributed by atoms with E-state index in [1.165, 1.54) is 26.6 Å². The molecule has 4 N–H and O–H groups in total. The summed E-state index contributed by atoms with van der Waals surface area (Å²) < 4.78 is 25.3. The normalized spacial score (nSPS) is 10.5. The molecule has 0 unspecified atom stereocenters. The molecule has 28 heavy (non-hydrogen) atoms. The summed E-state index contributed by atoms with van der Waals surface area (Å²) in [5.41, 5.74) is 7.11. The number of nitrogen functional groups attached to an aromatic ring is 1. The Morgan fingerprint density at radius 3 is 2.25 bits per heavy atom. The van der Waals surface area contributed by atoms with Gasteiger partial charge in [0.05, 0.1) is 30.6 Å². The maximum Gasteiger partial charge on any atom is 0.159 e. The number of anilines is 5. The molecule has 0 aliphatic heterocycles. The van der Waals surface area contributed by atoms with Gasteiger partial charge in [-0.25, -0.2) is 14.4 Å². The molecular formula is C18H16BrClFN5O2. The van der Waals surface area contributed by atoms with Gasteiger partial charge < -0.3 is 25.8 Å². The predicted octanol–water partition coefficient (Wildman–Crippen LogP) is 5.12. The Morgan fingerprint density at radius 1 is 1.00 bits per heavy atom. The summed E-state index contributed by atoms with van der Waals surface area (Å²) in [4.78, 5) is 8.23. The predicted molar refractivity (Wildman–Crippen MR) is 112 cm³/mol. The Morgan fingerprint density at radius 2 is 1.64 bits per heavy atom. The molecule has 10 heteroatoms. The number of nitrogens with two attached hydrogens (primary N) is 1. The first-order valence-corrected chi connectivity index (χ1v) is 9.11. The zero-order valence-electron chi connectivity index (χ0n) is 14.9. The number of methoxy groups -OCH3 is 2. The van der Waals surface area contributed by atoms with Crippen LogP contribution >= 0.6 is 27.5 Å². The molecule has 0 atom stereocenters. The second-order valence-electron chi connectivity index (χ2n) is 5.55. The quantitative estimate of drug-likeness (QED) is 0.462. The SMILES string of the molecule is COc1cc(OC)c(Nc2ncnc(Nc3ccc(Br)cc3F)c2N)cc1Cl. The minimum Gasteiger partial charge on any atom is -0.495 e. The summed E-state index contributed by atoms with van der Waals surface area (Å²) >= 11 is 9.41. The Labute approximate surface area is 174 Å². The number of nitrogens with zero attached hydrogens (tertiary/aromatic N) is 2. The molecule has 146 valence electrons. The van der Waals surface area contributed by atoms with E-state index in [1.54, 1.807) is 24.3 Å². The Bertz CT molecular complexity index is 1020. The number of hydrogen-bond donors (Lipinski definition) is 3. The first kappa shape index (κ1) is 20.0. The third-order valence-electron chi connectivity index (χ3n) is 3.80. The molecule has 3 rings (SSSR count). The lowest BCUT2D eigenvalue weighted by Crippen LogP contribution is -2.06. The summed E-state index contributed by atoms with van der Waals surface area (Å²) in [5, 5.41) is 6.30. The molecule has 0 spiro atoms. The average Bonchev–Trinajstić information content (AvgIpc) is 2.67. The summed E-state index contributed by atoms with van der Waals surface area (Å²) in [6.07, 6.45) is 1.30. The van der Waals surface area contributed by atoms with Crippen LogP contribution in [0.15, 0.2) is 41.1 Å². The van der Waals surface area contributed by atoms with Crippen LogP contribution in [0.25, 0.3) is 0 Å². The lowest BCUT2D eigenvalue weighted by molar-refractivity contribution is 0.396. The van der Waals surface area contributed by atoms with E-state index in [0.29, 0.717) is 32.5 Å². The highest BCUT2D eigenvalue weighted by Crippen LogP contribution is 2.38. The van der Waals surface area contributed by atoms with Gasteiger partial charge in [-0.15, -0.1) is 0 Å². The van der Waals surface area contributed by atoms with Crippen molar-refractivity contribution in [3.05, 3.63) is 52.0 Å². The number of ether oxygens (including phenoxy) is 2. The summed E-state index contributed by atoms with van der Waals surface area (Å²) in [6, 6.07) is 7.87. The fourth-order valence-electron chi connectivity index (χ4n) is 2.40. The second-order valence-corrected chi connectivity index (χ2v) is 6.87. The van der Waals surface area contributed by atoms with Gasteiger partial charge in [0.25, 0.3) is 0 Å². The van der Waals surface area contributed by atoms with Gasteiger partial charge in [-0.3, -0.25) is 0 Å². The maximum atomic E-state index is 14.1. The van der Waals surface area contributed by atoms with E-state index < -0.39 is 5.82 Å². The van der Waals surface area contributed by atoms with Crippen molar-refractivity contribution in [2.75, 3.05) is 30.6 Å². The average molecular weight is 469 g/mol. The first-order valence-electron chi connectivity index (χ1n) is 7.94. The van der Waals surface area contributed by atoms with Crippen LogP contribution in [0.3, 0.4) is 0 Å². The van der Waals surface area contributed by atoms with Crippen molar-refractivity contribution in [2.24, 2.45) is 0 Å². The Hall–Kier alpha value is -2.78. The number of rotatable bonds is 6. The largest absolute Gasteiger partial charge is 0.495 e. The lowest BCUT2D eigenvalue weighted by Gasteiger charge is -2.16. The van der Waals surface area contributed by atoms with Crippen molar-refractivity contribution in [1.82, 2.24) is 9.97 Å². The summed E-state index contributed by atoms with van der Waals surface area (Å²) in [6.45, 7) is 0. The van der Waals surface area contributed by atoms with Gasteiger partial charge in [-0.1, -0.05) is 27.5 Å². The monoisotopic (exact) mass is 467 g/mol. The van der Waals surface area contributed by atoms with E-state index >= 15 is 0 Å². The number of halogens is 3. The molecule has 0 radical (unpaired) electrons. The standard InChI is InChI=1S/C18H16BrClFN5O2/c1-27-14-7-15(28-2)13(6-10(14)20)26-18-16(22)17(23-8-24-18)25-12-4-3-9(19)5-11(12)21/h3-8H,22H2,1-2H3,(H2,23,24,25,26). The molecule has 0 aliphatic carbocycles. The Balaban J connectivity index is 1.92. The maximum absolute atomic E-state index is 14.1. The third-order valence-corrected chi connectivity index (χ3v) is 4.58. The van der Waals surface area contributed by atoms with E-state index in [-0.39, 0.29) is 17.2 Å². The van der Waals surface area contributed by atoms with Crippen molar-refractivity contribution >= 4 is 56.2 Å². The van der Waals surface area contributed by atoms with Gasteiger partial charge >= 0.3 is 0 Å². The summed E-state index contributed by atoms with van der Waals surface area (Å²) in [7, 11) is 3.02. The van der Waals surface area contributed by atoms with Gasteiger partial charge in [0, 0.05) is 10.5 Å². The topological polar surface area (TPSA) is 94.3 Å². The van der Waals surface area contributed by atoms with Crippen molar-refractivity contribution in [1.29, 1.82) is 0 Å². The van der Waals surface area contributed by atoms with Gasteiger partial charge in [0.1, 0.15) is 29.3 Å². The molecule has 0 bridgehead atoms. The van der Waals surface area contributed by atoms with Crippen molar-refractivity contribution < 1.29 is 13.9 Å². The fraction of sp³-hybridized carbons (Fsp3) is 0.111. The summed E-state index contributed by atoms with van der Waals surface area (Å²) in [5.74, 6) is 1.04. The molecule has 0 fully saturated rings. The van der Waals surface area contributed by atoms with Crippen LogP contribution in [0.4, 0.5) is 33.1 Å². The molecule has 1 heterocycles. The second kappa shape index (κ2) is 8.49. The minimum absolute atomic E-state index is 0.193. The lowest BCUT2D eigenvalue weighted by atomic mass is 10.2. The Kier molecular flexibility index (Phi) is 6.05. The molecule has 0 saturated heterocycles. The molecule has 0 amide bonds. The highest BCUT2D eigenvalue weighted by molar-refractivity contribution is 9.10.